The number of allylic oxidation sites excluding steroid dienone is 6. The quantitative estimate of drug-likeness (QED) is 0.0196. The van der Waals surface area contributed by atoms with Crippen LogP contribution in [0.2, 0.25) is 0 Å². The Morgan fingerprint density at radius 1 is 0.508 bits per heavy atom. The predicted octanol–water partition coefficient (Wildman–Crippen LogP) is 13.5. The minimum atomic E-state index is -4.64. The van der Waals surface area contributed by atoms with E-state index in [1.807, 2.05) is 21.1 Å². The maximum atomic E-state index is 12.7. The van der Waals surface area contributed by atoms with Crippen molar-refractivity contribution in [3.63, 3.8) is 0 Å². The van der Waals surface area contributed by atoms with E-state index in [2.05, 4.69) is 50.3 Å². The van der Waals surface area contributed by atoms with Crippen molar-refractivity contribution in [1.82, 2.24) is 0 Å². The van der Waals surface area contributed by atoms with Crippen LogP contribution in [0.25, 0.3) is 0 Å². The number of likely N-dealkylation sites (N-methyl/N-ethyl adjacent to an activating group) is 1. The fourth-order valence-corrected chi connectivity index (χ4v) is 7.28. The smallest absolute Gasteiger partial charge is 0.306 e. The van der Waals surface area contributed by atoms with Gasteiger partial charge in [-0.3, -0.25) is 14.2 Å². The topological polar surface area (TPSA) is 111 Å². The summed E-state index contributed by atoms with van der Waals surface area (Å²) in [6.45, 7) is 4.16. The highest BCUT2D eigenvalue weighted by atomic mass is 31.2. The third-order valence-electron chi connectivity index (χ3n) is 10.4. The van der Waals surface area contributed by atoms with Gasteiger partial charge in [-0.15, -0.1) is 0 Å². The average Bonchev–Trinajstić information content (AvgIpc) is 3.19. The van der Waals surface area contributed by atoms with Crippen LogP contribution < -0.4 is 4.89 Å². The molecule has 0 bridgehead atoms. The van der Waals surface area contributed by atoms with E-state index in [0.717, 1.165) is 57.8 Å². The molecule has 0 amide bonds. The zero-order valence-corrected chi connectivity index (χ0v) is 39.8. The number of nitrogens with zero attached hydrogens (tertiary/aromatic N) is 1. The molecule has 0 aliphatic rings. The molecule has 0 heterocycles. The number of quaternary nitrogens is 1. The largest absolute Gasteiger partial charge is 0.756 e. The van der Waals surface area contributed by atoms with Gasteiger partial charge in [0, 0.05) is 12.8 Å². The number of hydrogen-bond acceptors (Lipinski definition) is 8. The third-order valence-corrected chi connectivity index (χ3v) is 11.3. The second kappa shape index (κ2) is 41.6. The Labute approximate surface area is 363 Å². The zero-order chi connectivity index (χ0) is 43.6. The number of hydrogen-bond donors (Lipinski definition) is 0. The van der Waals surface area contributed by atoms with Gasteiger partial charge in [-0.25, -0.2) is 0 Å². The van der Waals surface area contributed by atoms with Crippen LogP contribution in [0, 0.1) is 0 Å². The lowest BCUT2D eigenvalue weighted by Crippen LogP contribution is -2.37. The molecule has 0 aromatic rings. The lowest BCUT2D eigenvalue weighted by atomic mass is 10.0. The van der Waals surface area contributed by atoms with Crippen LogP contribution in [0.5, 0.6) is 0 Å². The van der Waals surface area contributed by atoms with Crippen molar-refractivity contribution in [2.45, 2.75) is 219 Å². The highest BCUT2D eigenvalue weighted by molar-refractivity contribution is 7.45. The van der Waals surface area contributed by atoms with E-state index >= 15 is 0 Å². The van der Waals surface area contributed by atoms with Crippen molar-refractivity contribution in [3.8, 4) is 0 Å². The van der Waals surface area contributed by atoms with E-state index in [4.69, 9.17) is 18.5 Å². The number of phosphoric acid groups is 1. The van der Waals surface area contributed by atoms with E-state index in [-0.39, 0.29) is 26.1 Å². The van der Waals surface area contributed by atoms with Crippen LogP contribution in [0.4, 0.5) is 0 Å². The first kappa shape index (κ1) is 57.2. The highest BCUT2D eigenvalue weighted by Crippen LogP contribution is 2.38. The summed E-state index contributed by atoms with van der Waals surface area (Å²) in [5.41, 5.74) is 0. The molecule has 0 fully saturated rings. The SMILES string of the molecule is CCCCC/C=C/CCCCCCCC(=O)OC[C@H](COP(=O)([O-])OCC[N+](C)(C)C)OC(=O)CCC/C=C/CC/C=C/CCCCCCCCCCCCCCCC. The van der Waals surface area contributed by atoms with E-state index < -0.39 is 32.5 Å². The Bertz CT molecular complexity index is 1100. The van der Waals surface area contributed by atoms with E-state index in [0.29, 0.717) is 23.9 Å². The molecule has 0 aromatic carbocycles. The summed E-state index contributed by atoms with van der Waals surface area (Å²) < 4.78 is 33.9. The second-order valence-electron chi connectivity index (χ2n) is 17.5. The Morgan fingerprint density at radius 3 is 1.39 bits per heavy atom. The molecule has 0 aliphatic heterocycles. The summed E-state index contributed by atoms with van der Waals surface area (Å²) in [5.74, 6) is -0.891. The molecule has 0 radical (unpaired) electrons. The molecule has 0 saturated carbocycles. The maximum absolute atomic E-state index is 12.7. The molecule has 346 valence electrons. The summed E-state index contributed by atoms with van der Waals surface area (Å²) in [4.78, 5) is 37.5. The predicted molar refractivity (Wildman–Crippen MR) is 245 cm³/mol. The van der Waals surface area contributed by atoms with Gasteiger partial charge < -0.3 is 27.9 Å². The molecular formula is C49H92NO8P. The number of ether oxygens (including phenoxy) is 2. The number of rotatable bonds is 44. The van der Waals surface area contributed by atoms with Gasteiger partial charge >= 0.3 is 11.9 Å². The van der Waals surface area contributed by atoms with Crippen LogP contribution in [0.1, 0.15) is 213 Å². The fourth-order valence-electron chi connectivity index (χ4n) is 6.55. The Hall–Kier alpha value is -1.77. The molecule has 0 aliphatic carbocycles. The molecule has 10 heteroatoms. The first-order chi connectivity index (χ1) is 28.5. The number of phosphoric ester groups is 1. The fraction of sp³-hybridized carbons (Fsp3) is 0.837. The number of carbonyl (C=O) groups excluding carboxylic acids is 2. The number of carbonyl (C=O) groups is 2. The van der Waals surface area contributed by atoms with Crippen LogP contribution in [-0.4, -0.2) is 70.0 Å². The van der Waals surface area contributed by atoms with Crippen molar-refractivity contribution in [3.05, 3.63) is 36.5 Å². The van der Waals surface area contributed by atoms with Gasteiger partial charge in [-0.05, 0) is 70.6 Å². The van der Waals surface area contributed by atoms with E-state index in [1.165, 1.54) is 116 Å². The lowest BCUT2D eigenvalue weighted by Gasteiger charge is -2.28. The summed E-state index contributed by atoms with van der Waals surface area (Å²) in [7, 11) is 1.14. The monoisotopic (exact) mass is 854 g/mol. The van der Waals surface area contributed by atoms with Crippen LogP contribution in [0.15, 0.2) is 36.5 Å². The first-order valence-corrected chi connectivity index (χ1v) is 25.7. The summed E-state index contributed by atoms with van der Waals surface area (Å²) >= 11 is 0. The minimum Gasteiger partial charge on any atom is -0.756 e. The number of unbranched alkanes of at least 4 members (excludes halogenated alkanes) is 24. The van der Waals surface area contributed by atoms with Crippen molar-refractivity contribution in [2.24, 2.45) is 0 Å². The first-order valence-electron chi connectivity index (χ1n) is 24.2. The maximum Gasteiger partial charge on any atom is 0.306 e. The van der Waals surface area contributed by atoms with Gasteiger partial charge in [0.05, 0.1) is 27.7 Å². The molecule has 2 atom stereocenters. The second-order valence-corrected chi connectivity index (χ2v) is 18.9. The minimum absolute atomic E-state index is 0.0389. The van der Waals surface area contributed by atoms with Gasteiger partial charge in [0.25, 0.3) is 7.82 Å². The van der Waals surface area contributed by atoms with Gasteiger partial charge in [0.2, 0.25) is 0 Å². The highest BCUT2D eigenvalue weighted by Gasteiger charge is 2.21. The lowest BCUT2D eigenvalue weighted by molar-refractivity contribution is -0.870. The molecule has 9 nitrogen and oxygen atoms in total. The normalized spacial score (nSPS) is 13.8. The summed E-state index contributed by atoms with van der Waals surface area (Å²) in [5, 5.41) is 0. The average molecular weight is 854 g/mol. The summed E-state index contributed by atoms with van der Waals surface area (Å²) in [6, 6.07) is 0. The van der Waals surface area contributed by atoms with E-state index in [9.17, 15) is 19.0 Å². The van der Waals surface area contributed by atoms with Crippen molar-refractivity contribution >= 4 is 19.8 Å². The molecule has 0 saturated heterocycles. The van der Waals surface area contributed by atoms with Crippen molar-refractivity contribution in [1.29, 1.82) is 0 Å². The van der Waals surface area contributed by atoms with Gasteiger partial charge in [-0.2, -0.15) is 0 Å². The van der Waals surface area contributed by atoms with Crippen LogP contribution in [0.3, 0.4) is 0 Å². The molecule has 0 aromatic heterocycles. The van der Waals surface area contributed by atoms with Gasteiger partial charge in [0.15, 0.2) is 6.10 Å². The zero-order valence-electron chi connectivity index (χ0n) is 39.0. The standard InChI is InChI=1S/C49H92NO8P/c1-6-8-10-12-14-16-18-20-21-22-23-24-25-26-27-28-29-30-32-34-36-38-40-42-49(52)58-47(46-57-59(53,54)56-44-43-50(3,4)5)45-55-48(51)41-39-37-35-33-31-19-17-15-13-11-9-7-2/h15,17,28-29,34,36,47H,6-14,16,18-27,30-33,35,37-46H2,1-5H3/b17-15+,29-28+,36-34+/t47-/m1/s1. The van der Waals surface area contributed by atoms with Crippen LogP contribution >= 0.6 is 7.82 Å². The molecule has 0 N–H and O–H groups in total. The van der Waals surface area contributed by atoms with Crippen molar-refractivity contribution in [2.75, 3.05) is 47.5 Å². The van der Waals surface area contributed by atoms with E-state index in [1.54, 1.807) is 0 Å². The van der Waals surface area contributed by atoms with Gasteiger partial charge in [0.1, 0.15) is 19.8 Å². The summed E-state index contributed by atoms with van der Waals surface area (Å²) in [6.07, 6.45) is 47.7. The molecule has 0 rings (SSSR count). The molecule has 59 heavy (non-hydrogen) atoms. The molecular weight excluding hydrogens is 762 g/mol. The molecule has 1 unspecified atom stereocenters. The Balaban J connectivity index is 4.30. The van der Waals surface area contributed by atoms with Crippen LogP contribution in [-0.2, 0) is 32.7 Å². The third kappa shape index (κ3) is 45.6. The molecule has 0 spiro atoms. The van der Waals surface area contributed by atoms with Crippen molar-refractivity contribution < 1.29 is 42.1 Å². The number of esters is 2. The Morgan fingerprint density at radius 2 is 0.898 bits per heavy atom. The Kier molecular flexibility index (Phi) is 40.3. The van der Waals surface area contributed by atoms with Gasteiger partial charge in [-0.1, -0.05) is 166 Å².